The Labute approximate surface area is 191 Å². The van der Waals surface area contributed by atoms with Crippen molar-refractivity contribution in [1.82, 2.24) is 4.90 Å². The zero-order valence-electron chi connectivity index (χ0n) is 18.7. The van der Waals surface area contributed by atoms with Crippen molar-refractivity contribution in [3.05, 3.63) is 59.7 Å². The SMILES string of the molecule is C=C(C)C#C[C@H](CCC(=C)C)N1CCC(F)(F)[C@H](CC(=O)O)[C@H]1c1ccc(C(F)(F)F)cc1. The van der Waals surface area contributed by atoms with Gasteiger partial charge in [0.05, 0.1) is 23.9 Å². The molecule has 0 saturated carbocycles. The van der Waals surface area contributed by atoms with Crippen molar-refractivity contribution in [1.29, 1.82) is 0 Å². The molecule has 0 aromatic heterocycles. The Morgan fingerprint density at radius 3 is 2.33 bits per heavy atom. The highest BCUT2D eigenvalue weighted by Crippen LogP contribution is 2.48. The highest BCUT2D eigenvalue weighted by molar-refractivity contribution is 5.67. The van der Waals surface area contributed by atoms with Gasteiger partial charge in [0, 0.05) is 19.0 Å². The van der Waals surface area contributed by atoms with Crippen LogP contribution < -0.4 is 0 Å². The molecule has 1 aliphatic heterocycles. The molecule has 0 bridgehead atoms. The van der Waals surface area contributed by atoms with Gasteiger partial charge in [-0.25, -0.2) is 8.78 Å². The second-order valence-corrected chi connectivity index (χ2v) is 8.58. The lowest BCUT2D eigenvalue weighted by Crippen LogP contribution is -2.53. The maximum Gasteiger partial charge on any atom is 0.416 e. The molecule has 1 saturated heterocycles. The molecule has 1 N–H and O–H groups in total. The Balaban J connectivity index is 2.59. The molecule has 0 amide bonds. The van der Waals surface area contributed by atoms with Gasteiger partial charge < -0.3 is 5.11 Å². The Morgan fingerprint density at radius 2 is 1.85 bits per heavy atom. The van der Waals surface area contributed by atoms with Crippen molar-refractivity contribution >= 4 is 5.97 Å². The van der Waals surface area contributed by atoms with E-state index in [0.717, 1.165) is 29.8 Å². The summed E-state index contributed by atoms with van der Waals surface area (Å²) >= 11 is 0. The number of alkyl halides is 5. The molecule has 0 aliphatic carbocycles. The van der Waals surface area contributed by atoms with Crippen molar-refractivity contribution in [3.8, 4) is 11.8 Å². The van der Waals surface area contributed by atoms with Gasteiger partial charge in [-0.1, -0.05) is 36.1 Å². The molecular formula is C25H28F5NO2. The van der Waals surface area contributed by atoms with Crippen LogP contribution in [0.5, 0.6) is 0 Å². The minimum Gasteiger partial charge on any atom is -0.481 e. The van der Waals surface area contributed by atoms with Crippen LogP contribution in [-0.4, -0.2) is 34.5 Å². The van der Waals surface area contributed by atoms with Crippen molar-refractivity contribution in [2.24, 2.45) is 5.92 Å². The predicted molar refractivity (Wildman–Crippen MR) is 117 cm³/mol. The number of carbonyl (C=O) groups is 1. The summed E-state index contributed by atoms with van der Waals surface area (Å²) in [6.07, 6.45) is -4.95. The molecule has 1 aromatic rings. The second kappa shape index (κ2) is 10.5. The van der Waals surface area contributed by atoms with Crippen molar-refractivity contribution < 1.29 is 31.9 Å². The van der Waals surface area contributed by atoms with Crippen molar-refractivity contribution in [2.45, 2.75) is 63.7 Å². The van der Waals surface area contributed by atoms with Gasteiger partial charge in [0.2, 0.25) is 0 Å². The summed E-state index contributed by atoms with van der Waals surface area (Å²) in [5, 5.41) is 9.34. The molecule has 0 spiro atoms. The fraction of sp³-hybridized carbons (Fsp3) is 0.480. The largest absolute Gasteiger partial charge is 0.481 e. The average Bonchev–Trinajstić information content (AvgIpc) is 2.68. The first-order valence-corrected chi connectivity index (χ1v) is 10.6. The van der Waals surface area contributed by atoms with E-state index < -0.39 is 54.5 Å². The number of hydrogen-bond acceptors (Lipinski definition) is 2. The van der Waals surface area contributed by atoms with Crippen LogP contribution >= 0.6 is 0 Å². The van der Waals surface area contributed by atoms with Crippen LogP contribution in [0.15, 0.2) is 48.6 Å². The van der Waals surface area contributed by atoms with Gasteiger partial charge >= 0.3 is 12.1 Å². The number of allylic oxidation sites excluding steroid dienone is 2. The van der Waals surface area contributed by atoms with Gasteiger partial charge in [0.1, 0.15) is 0 Å². The minimum absolute atomic E-state index is 0.0828. The van der Waals surface area contributed by atoms with Crippen molar-refractivity contribution in [2.75, 3.05) is 6.54 Å². The summed E-state index contributed by atoms with van der Waals surface area (Å²) in [7, 11) is 0. The van der Waals surface area contributed by atoms with E-state index in [0.29, 0.717) is 18.4 Å². The van der Waals surface area contributed by atoms with Crippen LogP contribution in [0.3, 0.4) is 0 Å². The van der Waals surface area contributed by atoms with E-state index in [2.05, 4.69) is 25.0 Å². The van der Waals surface area contributed by atoms with Crippen LogP contribution in [0.4, 0.5) is 22.0 Å². The smallest absolute Gasteiger partial charge is 0.416 e. The number of piperidine rings is 1. The van der Waals surface area contributed by atoms with E-state index in [9.17, 15) is 31.9 Å². The first kappa shape index (κ1) is 26.6. The van der Waals surface area contributed by atoms with E-state index >= 15 is 0 Å². The van der Waals surface area contributed by atoms with Gasteiger partial charge in [-0.2, -0.15) is 13.2 Å². The van der Waals surface area contributed by atoms with E-state index in [1.54, 1.807) is 11.8 Å². The molecule has 0 radical (unpaired) electrons. The van der Waals surface area contributed by atoms with Crippen LogP contribution in [0.25, 0.3) is 0 Å². The van der Waals surface area contributed by atoms with Gasteiger partial charge in [-0.15, -0.1) is 6.58 Å². The zero-order valence-corrected chi connectivity index (χ0v) is 18.7. The van der Waals surface area contributed by atoms with Gasteiger partial charge in [-0.3, -0.25) is 9.69 Å². The third-order valence-electron chi connectivity index (χ3n) is 5.66. The van der Waals surface area contributed by atoms with Crippen LogP contribution in [0.2, 0.25) is 0 Å². The highest BCUT2D eigenvalue weighted by Gasteiger charge is 2.52. The Kier molecular flexibility index (Phi) is 8.47. The topological polar surface area (TPSA) is 40.5 Å². The number of nitrogens with zero attached hydrogens (tertiary/aromatic N) is 1. The molecule has 1 aromatic carbocycles. The number of hydrogen-bond donors (Lipinski definition) is 1. The van der Waals surface area contributed by atoms with Crippen LogP contribution in [0.1, 0.15) is 56.7 Å². The lowest BCUT2D eigenvalue weighted by molar-refractivity contribution is -0.160. The second-order valence-electron chi connectivity index (χ2n) is 8.58. The Morgan fingerprint density at radius 1 is 1.24 bits per heavy atom. The molecule has 1 fully saturated rings. The van der Waals surface area contributed by atoms with E-state index in [-0.39, 0.29) is 12.1 Å². The van der Waals surface area contributed by atoms with Gasteiger partial charge in [0.15, 0.2) is 0 Å². The summed E-state index contributed by atoms with van der Waals surface area (Å²) in [5.74, 6) is -0.407. The first-order chi connectivity index (χ1) is 15.2. The molecule has 8 heteroatoms. The number of rotatable bonds is 7. The minimum atomic E-state index is -4.58. The summed E-state index contributed by atoms with van der Waals surface area (Å²) < 4.78 is 69.1. The molecule has 33 heavy (non-hydrogen) atoms. The highest BCUT2D eigenvalue weighted by atomic mass is 19.4. The first-order valence-electron chi connectivity index (χ1n) is 10.6. The molecule has 2 rings (SSSR count). The van der Waals surface area contributed by atoms with Gasteiger partial charge in [0.25, 0.3) is 5.92 Å². The lowest BCUT2D eigenvalue weighted by atomic mass is 9.78. The summed E-state index contributed by atoms with van der Waals surface area (Å²) in [6, 6.07) is 2.32. The fourth-order valence-corrected chi connectivity index (χ4v) is 4.07. The molecule has 3 atom stereocenters. The van der Waals surface area contributed by atoms with Gasteiger partial charge in [-0.05, 0) is 50.0 Å². The summed E-state index contributed by atoms with van der Waals surface area (Å²) in [5.41, 5.74) is 0.737. The quantitative estimate of drug-likeness (QED) is 0.282. The van der Waals surface area contributed by atoms with Crippen LogP contribution in [-0.2, 0) is 11.0 Å². The number of aliphatic carboxylic acids is 1. The molecule has 180 valence electrons. The maximum atomic E-state index is 15.0. The Hall–Kier alpha value is -2.66. The lowest BCUT2D eigenvalue weighted by Gasteiger charge is -2.47. The van der Waals surface area contributed by atoms with E-state index in [1.165, 1.54) is 0 Å². The van der Waals surface area contributed by atoms with Crippen molar-refractivity contribution in [3.63, 3.8) is 0 Å². The molecule has 0 unspecified atom stereocenters. The molecule has 1 heterocycles. The Bertz CT molecular complexity index is 940. The number of benzene rings is 1. The fourth-order valence-electron chi connectivity index (χ4n) is 4.07. The average molecular weight is 469 g/mol. The maximum absolute atomic E-state index is 15.0. The molecular weight excluding hydrogens is 441 g/mol. The van der Waals surface area contributed by atoms with Crippen LogP contribution in [0, 0.1) is 17.8 Å². The normalized spacial score (nSPS) is 21.5. The number of likely N-dealkylation sites (tertiary alicyclic amines) is 1. The predicted octanol–water partition coefficient (Wildman–Crippen LogP) is 6.48. The molecule has 3 nitrogen and oxygen atoms in total. The van der Waals surface area contributed by atoms with E-state index in [1.807, 2.05) is 6.92 Å². The number of carboxylic acid groups (broad SMARTS) is 1. The number of halogens is 5. The van der Waals surface area contributed by atoms with E-state index in [4.69, 9.17) is 0 Å². The standard InChI is InChI=1S/C25H28F5NO2/c1-16(2)5-11-20(12-6-17(3)4)31-14-13-24(26,27)21(15-22(32)33)23(31)18-7-9-19(10-8-18)25(28,29)30/h7-10,20-21,23H,1,3,5,11,13-15H2,2,4H3,(H,32,33)/t20-,21+,23+/m0/s1. The third-order valence-corrected chi connectivity index (χ3v) is 5.66. The number of carboxylic acids is 1. The zero-order chi connectivity index (χ0) is 25.0. The summed E-state index contributed by atoms with van der Waals surface area (Å²) in [6.45, 7) is 11.1. The summed E-state index contributed by atoms with van der Waals surface area (Å²) in [4.78, 5) is 13.2. The molecule has 1 aliphatic rings. The third kappa shape index (κ3) is 7.16. The monoisotopic (exact) mass is 469 g/mol.